The summed E-state index contributed by atoms with van der Waals surface area (Å²) < 4.78 is 5.27. The minimum absolute atomic E-state index is 0.444. The molecule has 0 amide bonds. The minimum Gasteiger partial charge on any atom is -0.497 e. The van der Waals surface area contributed by atoms with E-state index in [-0.39, 0.29) is 0 Å². The van der Waals surface area contributed by atoms with Crippen molar-refractivity contribution in [3.05, 3.63) is 59.9 Å². The van der Waals surface area contributed by atoms with Gasteiger partial charge in [0.2, 0.25) is 0 Å². The summed E-state index contributed by atoms with van der Waals surface area (Å²) >= 11 is 0. The van der Waals surface area contributed by atoms with Crippen LogP contribution in [0.15, 0.2) is 48.7 Å². The highest BCUT2D eigenvalue weighted by molar-refractivity contribution is 5.32. The molecular weight excluding hydrogens is 258 g/mol. The van der Waals surface area contributed by atoms with Crippen LogP contribution < -0.4 is 4.74 Å². The molecule has 2 nitrogen and oxygen atoms in total. The van der Waals surface area contributed by atoms with Crippen molar-refractivity contribution in [3.8, 4) is 5.75 Å². The molecule has 0 fully saturated rings. The highest BCUT2D eigenvalue weighted by Gasteiger charge is 2.27. The summed E-state index contributed by atoms with van der Waals surface area (Å²) in [5.41, 5.74) is 2.55. The van der Waals surface area contributed by atoms with Crippen molar-refractivity contribution in [2.75, 3.05) is 7.11 Å². The van der Waals surface area contributed by atoms with Crippen LogP contribution in [0.2, 0.25) is 0 Å². The lowest BCUT2D eigenvalue weighted by atomic mass is 9.75. The van der Waals surface area contributed by atoms with Crippen molar-refractivity contribution in [3.63, 3.8) is 0 Å². The predicted octanol–water partition coefficient (Wildman–Crippen LogP) is 5.02. The molecule has 0 aliphatic heterocycles. The van der Waals surface area contributed by atoms with Crippen molar-refractivity contribution in [2.24, 2.45) is 5.92 Å². The fourth-order valence-corrected chi connectivity index (χ4v) is 3.15. The first kappa shape index (κ1) is 15.6. The number of ether oxygens (including phenoxy) is 1. The largest absolute Gasteiger partial charge is 0.497 e. The molecule has 0 N–H and O–H groups in total. The van der Waals surface area contributed by atoms with Gasteiger partial charge in [-0.2, -0.15) is 0 Å². The second kappa shape index (κ2) is 7.26. The van der Waals surface area contributed by atoms with Gasteiger partial charge in [-0.1, -0.05) is 39.0 Å². The first-order valence-electron chi connectivity index (χ1n) is 7.72. The molecule has 1 aromatic heterocycles. The van der Waals surface area contributed by atoms with Crippen molar-refractivity contribution < 1.29 is 4.74 Å². The van der Waals surface area contributed by atoms with Gasteiger partial charge in [0.25, 0.3) is 0 Å². The first-order valence-corrected chi connectivity index (χ1v) is 7.72. The number of rotatable bonds is 6. The van der Waals surface area contributed by atoms with Crippen molar-refractivity contribution >= 4 is 0 Å². The highest BCUT2D eigenvalue weighted by Crippen LogP contribution is 2.40. The van der Waals surface area contributed by atoms with Crippen molar-refractivity contribution in [2.45, 2.75) is 39.0 Å². The second-order valence-corrected chi connectivity index (χ2v) is 5.81. The van der Waals surface area contributed by atoms with E-state index in [4.69, 9.17) is 4.74 Å². The minimum atomic E-state index is 0.444. The summed E-state index contributed by atoms with van der Waals surface area (Å²) in [5.74, 6) is 2.38. The van der Waals surface area contributed by atoms with Gasteiger partial charge in [0.05, 0.1) is 7.11 Å². The Hall–Kier alpha value is -1.83. The van der Waals surface area contributed by atoms with Crippen LogP contribution in [-0.2, 0) is 0 Å². The molecule has 112 valence electrons. The zero-order chi connectivity index (χ0) is 15.2. The molecule has 0 saturated heterocycles. The lowest BCUT2D eigenvalue weighted by Gasteiger charge is -2.30. The maximum Gasteiger partial charge on any atom is 0.118 e. The Bertz CT molecular complexity index is 533. The topological polar surface area (TPSA) is 22.1 Å². The fraction of sp³-hybridized carbons (Fsp3) is 0.421. The number of benzene rings is 1. The lowest BCUT2D eigenvalue weighted by molar-refractivity contribution is 0.400. The molecule has 0 spiro atoms. The van der Waals surface area contributed by atoms with E-state index in [1.54, 1.807) is 7.11 Å². The van der Waals surface area contributed by atoms with E-state index in [1.165, 1.54) is 11.3 Å². The monoisotopic (exact) mass is 283 g/mol. The molecule has 0 bridgehead atoms. The highest BCUT2D eigenvalue weighted by atomic mass is 16.5. The van der Waals surface area contributed by atoms with Crippen molar-refractivity contribution in [1.29, 1.82) is 0 Å². The van der Waals surface area contributed by atoms with Crippen LogP contribution in [0.25, 0.3) is 0 Å². The van der Waals surface area contributed by atoms with Crippen LogP contribution >= 0.6 is 0 Å². The van der Waals surface area contributed by atoms with E-state index in [0.717, 1.165) is 12.2 Å². The molecule has 2 aromatic rings. The standard InChI is InChI=1S/C19H25NO/c1-5-17(18-8-6-7-13-20-18)19(14(2)3)15-9-11-16(21-4)12-10-15/h6-14,17,19H,5H2,1-4H3/t17-,19+/m1/s1. The molecule has 1 heterocycles. The Labute approximate surface area is 128 Å². The molecule has 0 aliphatic rings. The molecule has 0 radical (unpaired) electrons. The van der Waals surface area contributed by atoms with Crippen LogP contribution in [0.4, 0.5) is 0 Å². The van der Waals surface area contributed by atoms with E-state index in [9.17, 15) is 0 Å². The number of hydrogen-bond acceptors (Lipinski definition) is 2. The van der Waals surface area contributed by atoms with Crippen LogP contribution in [-0.4, -0.2) is 12.1 Å². The van der Waals surface area contributed by atoms with E-state index in [2.05, 4.69) is 62.2 Å². The van der Waals surface area contributed by atoms with Gasteiger partial charge in [0, 0.05) is 17.8 Å². The number of aromatic nitrogens is 1. The van der Waals surface area contributed by atoms with Gasteiger partial charge in [0.1, 0.15) is 5.75 Å². The molecule has 0 unspecified atom stereocenters. The van der Waals surface area contributed by atoms with E-state index in [0.29, 0.717) is 17.8 Å². The number of hydrogen-bond donors (Lipinski definition) is 0. The summed E-state index contributed by atoms with van der Waals surface area (Å²) in [4.78, 5) is 4.59. The number of methoxy groups -OCH3 is 1. The smallest absolute Gasteiger partial charge is 0.118 e. The quantitative estimate of drug-likeness (QED) is 0.742. The third-order valence-electron chi connectivity index (χ3n) is 4.16. The van der Waals surface area contributed by atoms with Crippen LogP contribution in [0.1, 0.15) is 50.3 Å². The van der Waals surface area contributed by atoms with Gasteiger partial charge in [0.15, 0.2) is 0 Å². The summed E-state index contributed by atoms with van der Waals surface area (Å²) in [7, 11) is 1.71. The molecule has 21 heavy (non-hydrogen) atoms. The Balaban J connectivity index is 2.36. The van der Waals surface area contributed by atoms with Crippen LogP contribution in [0.3, 0.4) is 0 Å². The normalized spacial score (nSPS) is 14.0. The Morgan fingerprint density at radius 2 is 1.76 bits per heavy atom. The average Bonchev–Trinajstić information content (AvgIpc) is 2.53. The fourth-order valence-electron chi connectivity index (χ4n) is 3.15. The van der Waals surface area contributed by atoms with Crippen LogP contribution in [0.5, 0.6) is 5.75 Å². The maximum atomic E-state index is 5.27. The molecule has 2 heteroatoms. The van der Waals surface area contributed by atoms with E-state index in [1.807, 2.05) is 12.3 Å². The predicted molar refractivity (Wildman–Crippen MR) is 87.8 cm³/mol. The van der Waals surface area contributed by atoms with Gasteiger partial charge >= 0.3 is 0 Å². The van der Waals surface area contributed by atoms with E-state index < -0.39 is 0 Å². The molecule has 0 aliphatic carbocycles. The van der Waals surface area contributed by atoms with Gasteiger partial charge in [-0.05, 0) is 48.1 Å². The molecular formula is C19H25NO. The molecule has 2 rings (SSSR count). The molecule has 1 aromatic carbocycles. The summed E-state index contributed by atoms with van der Waals surface area (Å²) in [6.07, 6.45) is 2.98. The summed E-state index contributed by atoms with van der Waals surface area (Å²) in [6.45, 7) is 6.83. The zero-order valence-corrected chi connectivity index (χ0v) is 13.4. The third kappa shape index (κ3) is 3.63. The van der Waals surface area contributed by atoms with Crippen LogP contribution in [0, 0.1) is 5.92 Å². The Kier molecular flexibility index (Phi) is 5.38. The molecule has 2 atom stereocenters. The van der Waals surface area contributed by atoms with Gasteiger partial charge in [-0.15, -0.1) is 0 Å². The summed E-state index contributed by atoms with van der Waals surface area (Å²) in [6, 6.07) is 14.7. The third-order valence-corrected chi connectivity index (χ3v) is 4.16. The number of pyridine rings is 1. The first-order chi connectivity index (χ1) is 10.2. The van der Waals surface area contributed by atoms with E-state index >= 15 is 0 Å². The SMILES string of the molecule is CC[C@H](c1ccccn1)[C@H](c1ccc(OC)cc1)C(C)C. The average molecular weight is 283 g/mol. The zero-order valence-electron chi connectivity index (χ0n) is 13.4. The summed E-state index contributed by atoms with van der Waals surface area (Å²) in [5, 5.41) is 0. The maximum absolute atomic E-state index is 5.27. The van der Waals surface area contributed by atoms with Crippen molar-refractivity contribution in [1.82, 2.24) is 4.98 Å². The second-order valence-electron chi connectivity index (χ2n) is 5.81. The van der Waals surface area contributed by atoms with Gasteiger partial charge in [-0.25, -0.2) is 0 Å². The lowest BCUT2D eigenvalue weighted by Crippen LogP contribution is -2.17. The van der Waals surface area contributed by atoms with Gasteiger partial charge < -0.3 is 4.74 Å². The Morgan fingerprint density at radius 1 is 1.05 bits per heavy atom. The van der Waals surface area contributed by atoms with Gasteiger partial charge in [-0.3, -0.25) is 4.98 Å². The Morgan fingerprint density at radius 3 is 2.24 bits per heavy atom. The number of nitrogens with zero attached hydrogens (tertiary/aromatic N) is 1. The molecule has 0 saturated carbocycles.